The molecule has 1 aliphatic carbocycles. The summed E-state index contributed by atoms with van der Waals surface area (Å²) in [7, 11) is 0. The van der Waals surface area contributed by atoms with Gasteiger partial charge in [0.25, 0.3) is 0 Å². The van der Waals surface area contributed by atoms with E-state index in [2.05, 4.69) is 12.2 Å². The van der Waals surface area contributed by atoms with E-state index in [1.807, 2.05) is 6.92 Å². The Balaban J connectivity index is 2.10. The summed E-state index contributed by atoms with van der Waals surface area (Å²) in [5, 5.41) is 2.83. The van der Waals surface area contributed by atoms with Crippen molar-refractivity contribution >= 4 is 11.8 Å². The predicted molar refractivity (Wildman–Crippen MR) is 73.3 cm³/mol. The Hall–Kier alpha value is -1.10. The average Bonchev–Trinajstić information content (AvgIpc) is 2.40. The molecule has 3 N–H and O–H groups in total. The van der Waals surface area contributed by atoms with Crippen molar-refractivity contribution in [2.45, 2.75) is 51.6 Å². The number of nitrogens with two attached hydrogens (primary N) is 1. The smallest absolute Gasteiger partial charge is 0.242 e. The summed E-state index contributed by atoms with van der Waals surface area (Å²) in [6.07, 6.45) is 3.44. The summed E-state index contributed by atoms with van der Waals surface area (Å²) in [6.45, 7) is 5.26. The Morgan fingerprint density at radius 2 is 2.21 bits per heavy atom. The van der Waals surface area contributed by atoms with Gasteiger partial charge in [-0.1, -0.05) is 13.8 Å². The van der Waals surface area contributed by atoms with Gasteiger partial charge in [-0.3, -0.25) is 9.59 Å². The third-order valence-corrected chi connectivity index (χ3v) is 4.55. The monoisotopic (exact) mass is 267 g/mol. The van der Waals surface area contributed by atoms with Crippen LogP contribution >= 0.6 is 0 Å². The fourth-order valence-electron chi connectivity index (χ4n) is 3.30. The quantitative estimate of drug-likeness (QED) is 0.764. The largest absolute Gasteiger partial charge is 0.353 e. The predicted octanol–water partition coefficient (Wildman–Crippen LogP) is 0.487. The molecule has 2 aliphatic rings. The molecule has 0 radical (unpaired) electrons. The molecule has 2 rings (SSSR count). The van der Waals surface area contributed by atoms with Gasteiger partial charge in [-0.2, -0.15) is 0 Å². The molecule has 108 valence electrons. The van der Waals surface area contributed by atoms with E-state index in [0.29, 0.717) is 25.4 Å². The minimum atomic E-state index is -0.299. The number of nitrogens with one attached hydrogen (secondary N) is 1. The Morgan fingerprint density at radius 3 is 2.89 bits per heavy atom. The van der Waals surface area contributed by atoms with Gasteiger partial charge in [0.2, 0.25) is 11.8 Å². The zero-order valence-electron chi connectivity index (χ0n) is 11.9. The molecule has 0 spiro atoms. The first-order valence-corrected chi connectivity index (χ1v) is 7.38. The second kappa shape index (κ2) is 5.90. The highest BCUT2D eigenvalue weighted by Crippen LogP contribution is 2.31. The second-order valence-electron chi connectivity index (χ2n) is 5.90. The van der Waals surface area contributed by atoms with E-state index in [0.717, 1.165) is 19.3 Å². The SMILES string of the molecule is CCC1C(=O)NCCN1C(=O)C1CC(N)CCC1C. The number of piperazine rings is 1. The first-order chi connectivity index (χ1) is 9.04. The topological polar surface area (TPSA) is 75.4 Å². The lowest BCUT2D eigenvalue weighted by molar-refractivity contribution is -0.148. The van der Waals surface area contributed by atoms with Gasteiger partial charge < -0.3 is 16.0 Å². The molecular formula is C14H25N3O2. The Morgan fingerprint density at radius 1 is 1.47 bits per heavy atom. The van der Waals surface area contributed by atoms with Crippen LogP contribution in [0.15, 0.2) is 0 Å². The third-order valence-electron chi connectivity index (χ3n) is 4.55. The molecule has 0 aromatic rings. The molecule has 4 unspecified atom stereocenters. The lowest BCUT2D eigenvalue weighted by Gasteiger charge is -2.40. The van der Waals surface area contributed by atoms with Crippen molar-refractivity contribution in [1.82, 2.24) is 10.2 Å². The van der Waals surface area contributed by atoms with Crippen LogP contribution in [0.3, 0.4) is 0 Å². The summed E-state index contributed by atoms with van der Waals surface area (Å²) < 4.78 is 0. The number of nitrogens with zero attached hydrogens (tertiary/aromatic N) is 1. The molecule has 1 aliphatic heterocycles. The standard InChI is InChI=1S/C14H25N3O2/c1-3-12-13(18)16-6-7-17(12)14(19)11-8-10(15)5-4-9(11)2/h9-12H,3-8,15H2,1-2H3,(H,16,18). The van der Waals surface area contributed by atoms with Crippen molar-refractivity contribution in [1.29, 1.82) is 0 Å². The number of carbonyl (C=O) groups is 2. The van der Waals surface area contributed by atoms with E-state index in [4.69, 9.17) is 5.73 Å². The van der Waals surface area contributed by atoms with E-state index in [1.54, 1.807) is 4.90 Å². The fraction of sp³-hybridized carbons (Fsp3) is 0.857. The normalized spacial score (nSPS) is 35.9. The van der Waals surface area contributed by atoms with Crippen molar-refractivity contribution < 1.29 is 9.59 Å². The minimum absolute atomic E-state index is 0.0105. The highest BCUT2D eigenvalue weighted by atomic mass is 16.2. The van der Waals surface area contributed by atoms with E-state index >= 15 is 0 Å². The lowest BCUT2D eigenvalue weighted by Crippen LogP contribution is -2.59. The van der Waals surface area contributed by atoms with Crippen LogP contribution in [0, 0.1) is 11.8 Å². The van der Waals surface area contributed by atoms with Gasteiger partial charge in [-0.15, -0.1) is 0 Å². The van der Waals surface area contributed by atoms with Crippen LogP contribution < -0.4 is 11.1 Å². The second-order valence-corrected chi connectivity index (χ2v) is 5.90. The van der Waals surface area contributed by atoms with Gasteiger partial charge in [0.05, 0.1) is 0 Å². The molecule has 1 saturated carbocycles. The number of rotatable bonds is 2. The van der Waals surface area contributed by atoms with Crippen LogP contribution in [0.1, 0.15) is 39.5 Å². The number of hydrogen-bond acceptors (Lipinski definition) is 3. The lowest BCUT2D eigenvalue weighted by atomic mass is 9.77. The molecule has 1 heterocycles. The maximum absolute atomic E-state index is 12.7. The molecule has 1 saturated heterocycles. The summed E-state index contributed by atoms with van der Waals surface area (Å²) in [5.41, 5.74) is 6.00. The van der Waals surface area contributed by atoms with Gasteiger partial charge in [-0.25, -0.2) is 0 Å². The van der Waals surface area contributed by atoms with Crippen molar-refractivity contribution in [3.63, 3.8) is 0 Å². The Bertz CT molecular complexity index is 359. The van der Waals surface area contributed by atoms with Gasteiger partial charge in [0.1, 0.15) is 6.04 Å². The number of amides is 2. The molecule has 19 heavy (non-hydrogen) atoms. The van der Waals surface area contributed by atoms with E-state index in [9.17, 15) is 9.59 Å². The minimum Gasteiger partial charge on any atom is -0.353 e. The molecule has 0 aromatic carbocycles. The molecule has 0 aromatic heterocycles. The number of hydrogen-bond donors (Lipinski definition) is 2. The zero-order valence-corrected chi connectivity index (χ0v) is 11.9. The molecule has 2 amide bonds. The maximum atomic E-state index is 12.7. The van der Waals surface area contributed by atoms with Crippen molar-refractivity contribution in [2.75, 3.05) is 13.1 Å². The van der Waals surface area contributed by atoms with E-state index < -0.39 is 0 Å². The molecule has 5 nitrogen and oxygen atoms in total. The van der Waals surface area contributed by atoms with Crippen LogP contribution in [0.25, 0.3) is 0 Å². The van der Waals surface area contributed by atoms with Crippen molar-refractivity contribution in [2.24, 2.45) is 17.6 Å². The van der Waals surface area contributed by atoms with Crippen LogP contribution in [0.5, 0.6) is 0 Å². The number of carbonyl (C=O) groups excluding carboxylic acids is 2. The molecular weight excluding hydrogens is 242 g/mol. The van der Waals surface area contributed by atoms with Crippen molar-refractivity contribution in [3.8, 4) is 0 Å². The third kappa shape index (κ3) is 2.91. The van der Waals surface area contributed by atoms with Crippen LogP contribution in [0.2, 0.25) is 0 Å². The highest BCUT2D eigenvalue weighted by Gasteiger charge is 2.39. The summed E-state index contributed by atoms with van der Waals surface area (Å²) in [6, 6.07) is -0.171. The first-order valence-electron chi connectivity index (χ1n) is 7.38. The molecule has 5 heteroatoms. The maximum Gasteiger partial charge on any atom is 0.242 e. The van der Waals surface area contributed by atoms with Gasteiger partial charge in [-0.05, 0) is 31.6 Å². The average molecular weight is 267 g/mol. The van der Waals surface area contributed by atoms with Gasteiger partial charge in [0, 0.05) is 25.0 Å². The van der Waals surface area contributed by atoms with E-state index in [1.165, 1.54) is 0 Å². The fourth-order valence-corrected chi connectivity index (χ4v) is 3.30. The van der Waals surface area contributed by atoms with Gasteiger partial charge >= 0.3 is 0 Å². The Labute approximate surface area is 114 Å². The van der Waals surface area contributed by atoms with E-state index in [-0.39, 0.29) is 29.8 Å². The highest BCUT2D eigenvalue weighted by molar-refractivity contribution is 5.89. The molecule has 2 fully saturated rings. The van der Waals surface area contributed by atoms with Crippen molar-refractivity contribution in [3.05, 3.63) is 0 Å². The molecule has 4 atom stereocenters. The summed E-state index contributed by atoms with van der Waals surface area (Å²) >= 11 is 0. The van der Waals surface area contributed by atoms with Crippen LogP contribution in [0.4, 0.5) is 0 Å². The summed E-state index contributed by atoms with van der Waals surface area (Å²) in [4.78, 5) is 26.3. The molecule has 0 bridgehead atoms. The summed E-state index contributed by atoms with van der Waals surface area (Å²) in [5.74, 6) is 0.470. The Kier molecular flexibility index (Phi) is 4.45. The first kappa shape index (κ1) is 14.3. The van der Waals surface area contributed by atoms with Crippen LogP contribution in [-0.2, 0) is 9.59 Å². The van der Waals surface area contributed by atoms with Crippen LogP contribution in [-0.4, -0.2) is 41.9 Å². The zero-order chi connectivity index (χ0) is 14.0. The van der Waals surface area contributed by atoms with Gasteiger partial charge in [0.15, 0.2) is 0 Å².